The van der Waals surface area contributed by atoms with Crippen molar-refractivity contribution in [3.63, 3.8) is 0 Å². The number of hydrogen-bond acceptors (Lipinski definition) is 0. The van der Waals surface area contributed by atoms with Gasteiger partial charge in [-0.05, 0) is 35.8 Å². The maximum absolute atomic E-state index is 2.36. The van der Waals surface area contributed by atoms with E-state index in [0.29, 0.717) is 0 Å². The van der Waals surface area contributed by atoms with Crippen LogP contribution in [-0.2, 0) is 0 Å². The van der Waals surface area contributed by atoms with Gasteiger partial charge in [0.05, 0.1) is 0 Å². The first-order valence-corrected chi connectivity index (χ1v) is 5.18. The summed E-state index contributed by atoms with van der Waals surface area (Å²) in [6.07, 6.45) is 4.21. The second-order valence-electron chi connectivity index (χ2n) is 4.25. The lowest BCUT2D eigenvalue weighted by Gasteiger charge is -2.26. The summed E-state index contributed by atoms with van der Waals surface area (Å²) < 4.78 is 0. The second-order valence-corrected chi connectivity index (χ2v) is 4.25. The van der Waals surface area contributed by atoms with Crippen molar-refractivity contribution in [1.29, 1.82) is 0 Å². The molecule has 0 saturated heterocycles. The third-order valence-electron chi connectivity index (χ3n) is 3.04. The molecule has 0 atom stereocenters. The van der Waals surface area contributed by atoms with Crippen molar-refractivity contribution in [3.8, 4) is 0 Å². The molecule has 0 aliphatic heterocycles. The van der Waals surface area contributed by atoms with E-state index in [9.17, 15) is 0 Å². The molecule has 0 N–H and O–H groups in total. The zero-order valence-electron chi connectivity index (χ0n) is 8.51. The molecule has 1 aliphatic rings. The van der Waals surface area contributed by atoms with Crippen LogP contribution in [0.2, 0.25) is 0 Å². The van der Waals surface area contributed by atoms with Crippen LogP contribution in [0, 0.1) is 5.92 Å². The summed E-state index contributed by atoms with van der Waals surface area (Å²) in [5.74, 6) is 2.28. The maximum Gasteiger partial charge on any atom is -0.00119 e. The summed E-state index contributed by atoms with van der Waals surface area (Å²) in [7, 11) is 0. The van der Waals surface area contributed by atoms with Gasteiger partial charge in [0.25, 0.3) is 0 Å². The van der Waals surface area contributed by atoms with Crippen LogP contribution in [0.25, 0.3) is 0 Å². The Balaban J connectivity index is 2.21. The van der Waals surface area contributed by atoms with E-state index in [4.69, 9.17) is 0 Å². The molecule has 0 nitrogen and oxygen atoms in total. The van der Waals surface area contributed by atoms with Crippen LogP contribution in [0.4, 0.5) is 0 Å². The topological polar surface area (TPSA) is 0 Å². The lowest BCUT2D eigenvalue weighted by atomic mass is 9.79. The van der Waals surface area contributed by atoms with Crippen LogP contribution in [0.1, 0.15) is 50.2 Å². The molecular weight excluding hydrogens is 156 g/mol. The normalized spacial score (nSPS) is 17.5. The van der Waals surface area contributed by atoms with E-state index in [1.54, 1.807) is 5.56 Å². The number of benzene rings is 1. The zero-order chi connectivity index (χ0) is 9.26. The molecule has 1 aliphatic carbocycles. The zero-order valence-corrected chi connectivity index (χ0v) is 8.51. The Morgan fingerprint density at radius 1 is 1.23 bits per heavy atom. The third-order valence-corrected chi connectivity index (χ3v) is 3.04. The lowest BCUT2D eigenvalue weighted by molar-refractivity contribution is 0.419. The fraction of sp³-hybridized carbons (Fsp3) is 0.462. The molecule has 69 valence electrons. The Bertz CT molecular complexity index is 282. The smallest absolute Gasteiger partial charge is 0.00119 e. The Morgan fingerprint density at radius 3 is 2.54 bits per heavy atom. The molecule has 1 saturated carbocycles. The molecule has 0 bridgehead atoms. The fourth-order valence-corrected chi connectivity index (χ4v) is 1.85. The summed E-state index contributed by atoms with van der Waals surface area (Å²) in [5.41, 5.74) is 2.95. The van der Waals surface area contributed by atoms with Gasteiger partial charge in [-0.2, -0.15) is 0 Å². The maximum atomic E-state index is 2.36. The summed E-state index contributed by atoms with van der Waals surface area (Å²) in [5, 5.41) is 0. The van der Waals surface area contributed by atoms with E-state index in [1.807, 2.05) is 0 Å². The molecule has 0 heteroatoms. The molecule has 1 aromatic carbocycles. The van der Waals surface area contributed by atoms with Crippen LogP contribution in [0.3, 0.4) is 0 Å². The van der Waals surface area contributed by atoms with E-state index in [1.165, 1.54) is 30.7 Å². The highest BCUT2D eigenvalue weighted by molar-refractivity contribution is 5.34. The molecule has 2 rings (SSSR count). The van der Waals surface area contributed by atoms with Crippen molar-refractivity contribution in [2.24, 2.45) is 0 Å². The highest BCUT2D eigenvalue weighted by Crippen LogP contribution is 2.36. The van der Waals surface area contributed by atoms with Crippen molar-refractivity contribution in [3.05, 3.63) is 41.3 Å². The first kappa shape index (κ1) is 8.80. The quantitative estimate of drug-likeness (QED) is 0.636. The van der Waals surface area contributed by atoms with E-state index < -0.39 is 0 Å². The third kappa shape index (κ3) is 1.77. The minimum atomic E-state index is 0.860. The van der Waals surface area contributed by atoms with Gasteiger partial charge in [-0.15, -0.1) is 0 Å². The van der Waals surface area contributed by atoms with Gasteiger partial charge in [0.15, 0.2) is 0 Å². The van der Waals surface area contributed by atoms with Crippen molar-refractivity contribution in [1.82, 2.24) is 0 Å². The standard InChI is InChI=1S/C13H17/c1-10(2)12-7-4-8-13(9-12)11-5-3-6-11/h4,7-9,11H,3,5-6H2,1-2H3. The highest BCUT2D eigenvalue weighted by Gasteiger charge is 2.19. The summed E-state index contributed by atoms with van der Waals surface area (Å²) in [6, 6.07) is 9.03. The largest absolute Gasteiger partial charge is 0.0617 e. The van der Waals surface area contributed by atoms with Gasteiger partial charge in [0, 0.05) is 0 Å². The van der Waals surface area contributed by atoms with Crippen LogP contribution >= 0.6 is 0 Å². The molecule has 0 aromatic heterocycles. The van der Waals surface area contributed by atoms with E-state index in [0.717, 1.165) is 5.92 Å². The molecule has 1 fully saturated rings. The van der Waals surface area contributed by atoms with Gasteiger partial charge < -0.3 is 0 Å². The highest BCUT2D eigenvalue weighted by atomic mass is 14.2. The summed E-state index contributed by atoms with van der Waals surface area (Å²) in [6.45, 7) is 4.36. The van der Waals surface area contributed by atoms with Crippen LogP contribution in [0.5, 0.6) is 0 Å². The minimum Gasteiger partial charge on any atom is -0.0617 e. The molecular formula is C13H17. The molecule has 0 amide bonds. The molecule has 1 aromatic rings. The second kappa shape index (κ2) is 3.53. The monoisotopic (exact) mass is 173 g/mol. The SMILES string of the molecule is C[C](C)c1cccc(C2CCC2)c1. The van der Waals surface area contributed by atoms with Crippen molar-refractivity contribution in [2.45, 2.75) is 39.0 Å². The van der Waals surface area contributed by atoms with Crippen molar-refractivity contribution < 1.29 is 0 Å². The molecule has 0 unspecified atom stereocenters. The Hall–Kier alpha value is -0.780. The summed E-state index contributed by atoms with van der Waals surface area (Å²) in [4.78, 5) is 0. The van der Waals surface area contributed by atoms with Crippen LogP contribution < -0.4 is 0 Å². The Labute approximate surface area is 81.0 Å². The summed E-state index contributed by atoms with van der Waals surface area (Å²) >= 11 is 0. The molecule has 0 spiro atoms. The van der Waals surface area contributed by atoms with Crippen LogP contribution in [-0.4, -0.2) is 0 Å². The predicted molar refractivity (Wildman–Crippen MR) is 56.7 cm³/mol. The predicted octanol–water partition coefficient (Wildman–Crippen LogP) is 3.92. The van der Waals surface area contributed by atoms with Crippen LogP contribution in [0.15, 0.2) is 24.3 Å². The fourth-order valence-electron chi connectivity index (χ4n) is 1.85. The van der Waals surface area contributed by atoms with Gasteiger partial charge in [0.1, 0.15) is 0 Å². The molecule has 0 heterocycles. The number of hydrogen-bond donors (Lipinski definition) is 0. The Morgan fingerprint density at radius 2 is 2.00 bits per heavy atom. The number of rotatable bonds is 2. The van der Waals surface area contributed by atoms with Gasteiger partial charge in [-0.1, -0.05) is 44.5 Å². The van der Waals surface area contributed by atoms with E-state index in [2.05, 4.69) is 38.1 Å². The van der Waals surface area contributed by atoms with Crippen molar-refractivity contribution in [2.75, 3.05) is 0 Å². The van der Waals surface area contributed by atoms with Crippen molar-refractivity contribution >= 4 is 0 Å². The average molecular weight is 173 g/mol. The Kier molecular flexibility index (Phi) is 2.39. The van der Waals surface area contributed by atoms with Gasteiger partial charge in [-0.3, -0.25) is 0 Å². The van der Waals surface area contributed by atoms with E-state index in [-0.39, 0.29) is 0 Å². The lowest BCUT2D eigenvalue weighted by Crippen LogP contribution is -2.08. The molecule has 13 heavy (non-hydrogen) atoms. The first-order chi connectivity index (χ1) is 6.27. The minimum absolute atomic E-state index is 0.860. The van der Waals surface area contributed by atoms with E-state index >= 15 is 0 Å². The van der Waals surface area contributed by atoms with Gasteiger partial charge >= 0.3 is 0 Å². The first-order valence-electron chi connectivity index (χ1n) is 5.18. The van der Waals surface area contributed by atoms with Gasteiger partial charge in [0.2, 0.25) is 0 Å². The molecule has 1 radical (unpaired) electrons. The average Bonchev–Trinajstić information content (AvgIpc) is 2.01. The van der Waals surface area contributed by atoms with Gasteiger partial charge in [-0.25, -0.2) is 0 Å².